The molecule has 2 rings (SSSR count). The highest BCUT2D eigenvalue weighted by Crippen LogP contribution is 2.29. The Balaban J connectivity index is 2.12. The molecule has 0 bridgehead atoms. The van der Waals surface area contributed by atoms with E-state index in [4.69, 9.17) is 15.2 Å². The molecule has 0 aliphatic carbocycles. The van der Waals surface area contributed by atoms with Crippen molar-refractivity contribution in [3.05, 3.63) is 29.8 Å². The fraction of sp³-hybridized carbons (Fsp3) is 0.533. The molecule has 5 heteroatoms. The van der Waals surface area contributed by atoms with Crippen LogP contribution < -0.4 is 10.5 Å². The third-order valence-corrected chi connectivity index (χ3v) is 3.57. The first-order chi connectivity index (χ1) is 9.63. The number of hydrogen-bond donors (Lipinski definition) is 1. The molecule has 0 radical (unpaired) electrons. The Bertz CT molecular complexity index is 464. The Morgan fingerprint density at radius 3 is 2.95 bits per heavy atom. The highest BCUT2D eigenvalue weighted by molar-refractivity contribution is 5.68. The second kappa shape index (κ2) is 6.61. The molecular weight excluding hydrogens is 256 g/mol. The third-order valence-electron chi connectivity index (χ3n) is 3.57. The Morgan fingerprint density at radius 2 is 2.25 bits per heavy atom. The van der Waals surface area contributed by atoms with Crippen LogP contribution in [0, 0.1) is 0 Å². The van der Waals surface area contributed by atoms with E-state index in [9.17, 15) is 4.79 Å². The van der Waals surface area contributed by atoms with Crippen LogP contribution >= 0.6 is 0 Å². The van der Waals surface area contributed by atoms with E-state index in [1.165, 1.54) is 0 Å². The van der Waals surface area contributed by atoms with Gasteiger partial charge in [-0.2, -0.15) is 0 Å². The van der Waals surface area contributed by atoms with Gasteiger partial charge in [0.1, 0.15) is 5.75 Å². The molecule has 1 aromatic rings. The van der Waals surface area contributed by atoms with Crippen molar-refractivity contribution in [2.45, 2.75) is 25.3 Å². The molecule has 1 heterocycles. The highest BCUT2D eigenvalue weighted by Gasteiger charge is 2.29. The van der Waals surface area contributed by atoms with Crippen molar-refractivity contribution in [2.24, 2.45) is 5.73 Å². The van der Waals surface area contributed by atoms with Gasteiger partial charge in [-0.25, -0.2) is 4.79 Å². The standard InChI is InChI=1S/C15H22N2O3/c1-3-20-15(18)17-9-12(7-13(16)10-17)11-5-4-6-14(8-11)19-2/h4-6,8,12-13H,3,7,9-10,16H2,1-2H3. The molecule has 2 N–H and O–H groups in total. The second-order valence-electron chi connectivity index (χ2n) is 5.07. The molecule has 0 saturated carbocycles. The molecule has 5 nitrogen and oxygen atoms in total. The van der Waals surface area contributed by atoms with Crippen molar-refractivity contribution < 1.29 is 14.3 Å². The van der Waals surface area contributed by atoms with Gasteiger partial charge in [-0.3, -0.25) is 0 Å². The maximum atomic E-state index is 11.9. The number of nitrogens with zero attached hydrogens (tertiary/aromatic N) is 1. The summed E-state index contributed by atoms with van der Waals surface area (Å²) in [5.74, 6) is 1.04. The van der Waals surface area contributed by atoms with Gasteiger partial charge in [-0.05, 0) is 31.0 Å². The van der Waals surface area contributed by atoms with Gasteiger partial charge >= 0.3 is 6.09 Å². The number of benzene rings is 1. The first-order valence-corrected chi connectivity index (χ1v) is 6.95. The van der Waals surface area contributed by atoms with Crippen LogP contribution in [0.5, 0.6) is 5.75 Å². The molecule has 2 unspecified atom stereocenters. The van der Waals surface area contributed by atoms with Crippen molar-refractivity contribution >= 4 is 6.09 Å². The monoisotopic (exact) mass is 278 g/mol. The van der Waals surface area contributed by atoms with Gasteiger partial charge in [-0.1, -0.05) is 12.1 Å². The van der Waals surface area contributed by atoms with Gasteiger partial charge in [0.05, 0.1) is 13.7 Å². The topological polar surface area (TPSA) is 64.8 Å². The quantitative estimate of drug-likeness (QED) is 0.918. The number of hydrogen-bond acceptors (Lipinski definition) is 4. The van der Waals surface area contributed by atoms with Gasteiger partial charge in [-0.15, -0.1) is 0 Å². The number of likely N-dealkylation sites (tertiary alicyclic amines) is 1. The average molecular weight is 278 g/mol. The van der Waals surface area contributed by atoms with Crippen molar-refractivity contribution in [1.29, 1.82) is 0 Å². The lowest BCUT2D eigenvalue weighted by atomic mass is 9.88. The van der Waals surface area contributed by atoms with Crippen LogP contribution in [0.4, 0.5) is 4.79 Å². The van der Waals surface area contributed by atoms with Crippen molar-refractivity contribution in [3.63, 3.8) is 0 Å². The molecule has 0 aromatic heterocycles. The first-order valence-electron chi connectivity index (χ1n) is 6.95. The molecule has 2 atom stereocenters. The zero-order chi connectivity index (χ0) is 14.5. The molecule has 1 fully saturated rings. The van der Waals surface area contributed by atoms with E-state index in [1.54, 1.807) is 18.9 Å². The van der Waals surface area contributed by atoms with Crippen LogP contribution in [0.15, 0.2) is 24.3 Å². The zero-order valence-electron chi connectivity index (χ0n) is 12.0. The number of piperidine rings is 1. The molecular formula is C15H22N2O3. The minimum atomic E-state index is -0.282. The highest BCUT2D eigenvalue weighted by atomic mass is 16.6. The predicted molar refractivity (Wildman–Crippen MR) is 76.9 cm³/mol. The zero-order valence-corrected chi connectivity index (χ0v) is 12.0. The second-order valence-corrected chi connectivity index (χ2v) is 5.07. The Hall–Kier alpha value is -1.75. The fourth-order valence-corrected chi connectivity index (χ4v) is 2.64. The van der Waals surface area contributed by atoms with Gasteiger partial charge in [0.2, 0.25) is 0 Å². The van der Waals surface area contributed by atoms with Crippen LogP contribution in [0.2, 0.25) is 0 Å². The molecule has 1 amide bonds. The normalized spacial score (nSPS) is 22.4. The van der Waals surface area contributed by atoms with Gasteiger partial charge in [0, 0.05) is 25.0 Å². The number of amides is 1. The number of ether oxygens (including phenoxy) is 2. The summed E-state index contributed by atoms with van der Waals surface area (Å²) in [6.07, 6.45) is 0.582. The molecule has 110 valence electrons. The van der Waals surface area contributed by atoms with E-state index in [2.05, 4.69) is 6.07 Å². The molecule has 1 aliphatic heterocycles. The number of carbonyl (C=O) groups is 1. The molecule has 0 spiro atoms. The molecule has 1 aliphatic rings. The summed E-state index contributed by atoms with van der Waals surface area (Å²) in [6.45, 7) is 3.38. The average Bonchev–Trinajstić information content (AvgIpc) is 2.47. The third kappa shape index (κ3) is 3.42. The van der Waals surface area contributed by atoms with E-state index in [0.29, 0.717) is 19.7 Å². The molecule has 20 heavy (non-hydrogen) atoms. The minimum absolute atomic E-state index is 0.0237. The van der Waals surface area contributed by atoms with E-state index < -0.39 is 0 Å². The van der Waals surface area contributed by atoms with Crippen molar-refractivity contribution in [1.82, 2.24) is 4.90 Å². The first kappa shape index (κ1) is 14.7. The van der Waals surface area contributed by atoms with Gasteiger partial charge < -0.3 is 20.1 Å². The van der Waals surface area contributed by atoms with Crippen molar-refractivity contribution in [3.8, 4) is 5.75 Å². The fourth-order valence-electron chi connectivity index (χ4n) is 2.64. The minimum Gasteiger partial charge on any atom is -0.497 e. The maximum absolute atomic E-state index is 11.9. The number of methoxy groups -OCH3 is 1. The lowest BCUT2D eigenvalue weighted by molar-refractivity contribution is 0.0917. The smallest absolute Gasteiger partial charge is 0.409 e. The van der Waals surface area contributed by atoms with Crippen LogP contribution in [0.25, 0.3) is 0 Å². The van der Waals surface area contributed by atoms with E-state index in [-0.39, 0.29) is 18.1 Å². The van der Waals surface area contributed by atoms with E-state index >= 15 is 0 Å². The predicted octanol–water partition coefficient (Wildman–Crippen LogP) is 1.97. The Morgan fingerprint density at radius 1 is 1.45 bits per heavy atom. The largest absolute Gasteiger partial charge is 0.497 e. The molecule has 1 saturated heterocycles. The van der Waals surface area contributed by atoms with Crippen LogP contribution in [-0.4, -0.2) is 43.8 Å². The maximum Gasteiger partial charge on any atom is 0.409 e. The van der Waals surface area contributed by atoms with Crippen LogP contribution in [0.1, 0.15) is 24.8 Å². The summed E-state index contributed by atoms with van der Waals surface area (Å²) in [6, 6.07) is 7.91. The number of carbonyl (C=O) groups excluding carboxylic acids is 1. The lowest BCUT2D eigenvalue weighted by Gasteiger charge is -2.35. The summed E-state index contributed by atoms with van der Waals surface area (Å²) in [7, 11) is 1.65. The van der Waals surface area contributed by atoms with Gasteiger partial charge in [0.15, 0.2) is 0 Å². The van der Waals surface area contributed by atoms with Crippen molar-refractivity contribution in [2.75, 3.05) is 26.8 Å². The molecule has 1 aromatic carbocycles. The van der Waals surface area contributed by atoms with Crippen LogP contribution in [-0.2, 0) is 4.74 Å². The SMILES string of the molecule is CCOC(=O)N1CC(N)CC(c2cccc(OC)c2)C1. The summed E-state index contributed by atoms with van der Waals surface area (Å²) in [5.41, 5.74) is 7.22. The summed E-state index contributed by atoms with van der Waals surface area (Å²) < 4.78 is 10.3. The lowest BCUT2D eigenvalue weighted by Crippen LogP contribution is -2.48. The van der Waals surface area contributed by atoms with Crippen LogP contribution in [0.3, 0.4) is 0 Å². The Kier molecular flexibility index (Phi) is 4.84. The van der Waals surface area contributed by atoms with E-state index in [1.807, 2.05) is 18.2 Å². The number of rotatable bonds is 3. The summed E-state index contributed by atoms with van der Waals surface area (Å²) in [4.78, 5) is 13.6. The van der Waals surface area contributed by atoms with E-state index in [0.717, 1.165) is 17.7 Å². The Labute approximate surface area is 119 Å². The van der Waals surface area contributed by atoms with Gasteiger partial charge in [0.25, 0.3) is 0 Å². The number of nitrogens with two attached hydrogens (primary N) is 1. The summed E-state index contributed by atoms with van der Waals surface area (Å²) in [5, 5.41) is 0. The summed E-state index contributed by atoms with van der Waals surface area (Å²) >= 11 is 0.